The van der Waals surface area contributed by atoms with Crippen LogP contribution in [0.1, 0.15) is 24.5 Å². The van der Waals surface area contributed by atoms with Crippen LogP contribution in [0, 0.1) is 0 Å². The van der Waals surface area contributed by atoms with Gasteiger partial charge in [0.25, 0.3) is 0 Å². The molecule has 2 aliphatic carbocycles. The summed E-state index contributed by atoms with van der Waals surface area (Å²) in [5.41, 5.74) is 6.97. The molecule has 1 aromatic carbocycles. The molecular weight excluding hydrogens is 236 g/mol. The molecule has 0 aliphatic heterocycles. The molecule has 3 rings (SSSR count). The van der Waals surface area contributed by atoms with Gasteiger partial charge in [-0.25, -0.2) is 0 Å². The van der Waals surface area contributed by atoms with Crippen LogP contribution in [0.4, 0.5) is 0 Å². The van der Waals surface area contributed by atoms with E-state index in [4.69, 9.17) is 0 Å². The third kappa shape index (κ3) is 1.89. The molecule has 18 heavy (non-hydrogen) atoms. The summed E-state index contributed by atoms with van der Waals surface area (Å²) in [6.45, 7) is 2.21. The van der Waals surface area contributed by atoms with E-state index in [9.17, 15) is 0 Å². The summed E-state index contributed by atoms with van der Waals surface area (Å²) in [7, 11) is 0. The van der Waals surface area contributed by atoms with Gasteiger partial charge in [0.2, 0.25) is 0 Å². The molecule has 2 bridgehead atoms. The van der Waals surface area contributed by atoms with Gasteiger partial charge >= 0.3 is 0 Å². The summed E-state index contributed by atoms with van der Waals surface area (Å²) in [6.07, 6.45) is 12.2. The fraction of sp³-hybridized carbons (Fsp3) is 0.176. The van der Waals surface area contributed by atoms with Crippen molar-refractivity contribution in [3.05, 3.63) is 70.2 Å². The maximum absolute atomic E-state index is 2.32. The van der Waals surface area contributed by atoms with Crippen LogP contribution in [0.25, 0.3) is 11.1 Å². The molecule has 0 amide bonds. The lowest BCUT2D eigenvalue weighted by Crippen LogP contribution is -2.00. The third-order valence-electron chi connectivity index (χ3n) is 3.56. The first kappa shape index (κ1) is 11.6. The first-order chi connectivity index (χ1) is 8.79. The van der Waals surface area contributed by atoms with Crippen LogP contribution in [0.3, 0.4) is 0 Å². The minimum Gasteiger partial charge on any atom is -0.129 e. The van der Waals surface area contributed by atoms with Crippen molar-refractivity contribution in [2.75, 3.05) is 6.26 Å². The largest absolute Gasteiger partial charge is 0.129 e. The second kappa shape index (κ2) is 4.66. The van der Waals surface area contributed by atoms with Crippen LogP contribution < -0.4 is 0 Å². The van der Waals surface area contributed by atoms with E-state index >= 15 is 0 Å². The topological polar surface area (TPSA) is 0 Å². The van der Waals surface area contributed by atoms with E-state index < -0.39 is 0 Å². The van der Waals surface area contributed by atoms with Crippen molar-refractivity contribution in [1.29, 1.82) is 0 Å². The van der Waals surface area contributed by atoms with E-state index in [0.29, 0.717) is 0 Å². The molecule has 0 atom stereocenters. The number of thioether (sulfide) groups is 1. The van der Waals surface area contributed by atoms with E-state index in [1.54, 1.807) is 0 Å². The Labute approximate surface area is 113 Å². The average molecular weight is 252 g/mol. The number of benzene rings is 1. The van der Waals surface area contributed by atoms with Gasteiger partial charge in [-0.2, -0.15) is 0 Å². The predicted molar refractivity (Wildman–Crippen MR) is 82.4 cm³/mol. The van der Waals surface area contributed by atoms with Gasteiger partial charge in [-0.1, -0.05) is 42.5 Å². The van der Waals surface area contributed by atoms with E-state index in [-0.39, 0.29) is 0 Å². The normalized spacial score (nSPS) is 24.6. The van der Waals surface area contributed by atoms with Crippen molar-refractivity contribution in [3.63, 3.8) is 0 Å². The Bertz CT molecular complexity index is 612. The van der Waals surface area contributed by atoms with Crippen molar-refractivity contribution in [2.24, 2.45) is 0 Å². The number of hydrogen-bond donors (Lipinski definition) is 0. The lowest BCUT2D eigenvalue weighted by atomic mass is 9.86. The number of hydrogen-bond acceptors (Lipinski definition) is 1. The maximum atomic E-state index is 2.32. The van der Waals surface area contributed by atoms with Gasteiger partial charge in [-0.05, 0) is 53.5 Å². The van der Waals surface area contributed by atoms with Crippen LogP contribution in [0.5, 0.6) is 0 Å². The zero-order chi connectivity index (χ0) is 12.5. The fourth-order valence-corrected chi connectivity index (χ4v) is 3.32. The molecule has 0 nitrogen and oxygen atoms in total. The van der Waals surface area contributed by atoms with Gasteiger partial charge in [-0.3, -0.25) is 0 Å². The monoisotopic (exact) mass is 252 g/mol. The Kier molecular flexibility index (Phi) is 3.00. The zero-order valence-electron chi connectivity index (χ0n) is 10.7. The average Bonchev–Trinajstić information content (AvgIpc) is 2.43. The summed E-state index contributed by atoms with van der Waals surface area (Å²) in [5, 5.41) is 0. The molecule has 1 aromatic rings. The van der Waals surface area contributed by atoms with Crippen LogP contribution >= 0.6 is 11.8 Å². The minimum atomic E-state index is 1.05. The van der Waals surface area contributed by atoms with Crippen molar-refractivity contribution in [1.82, 2.24) is 0 Å². The van der Waals surface area contributed by atoms with Crippen LogP contribution in [-0.2, 0) is 0 Å². The van der Waals surface area contributed by atoms with Crippen LogP contribution in [0.15, 0.2) is 59.0 Å². The third-order valence-corrected chi connectivity index (χ3v) is 4.38. The Morgan fingerprint density at radius 1 is 1.11 bits per heavy atom. The second-order valence-electron chi connectivity index (χ2n) is 4.69. The van der Waals surface area contributed by atoms with Gasteiger partial charge in [0.15, 0.2) is 0 Å². The molecule has 0 saturated heterocycles. The number of allylic oxidation sites excluding steroid dienone is 7. The first-order valence-electron chi connectivity index (χ1n) is 6.22. The first-order valence-corrected chi connectivity index (χ1v) is 7.44. The van der Waals surface area contributed by atoms with E-state index in [0.717, 1.165) is 6.42 Å². The van der Waals surface area contributed by atoms with E-state index in [1.807, 2.05) is 11.8 Å². The summed E-state index contributed by atoms with van der Waals surface area (Å²) < 4.78 is 0. The predicted octanol–water partition coefficient (Wildman–Crippen LogP) is 5.06. The SMILES string of the molecule is CSC1=C2\C=CC=C(C2)c2ccccc2\C(C)=C\1. The van der Waals surface area contributed by atoms with E-state index in [1.165, 1.54) is 32.8 Å². The lowest BCUT2D eigenvalue weighted by molar-refractivity contribution is 1.25. The minimum absolute atomic E-state index is 1.05. The Morgan fingerprint density at radius 2 is 1.89 bits per heavy atom. The highest BCUT2D eigenvalue weighted by atomic mass is 32.2. The van der Waals surface area contributed by atoms with Gasteiger partial charge in [0, 0.05) is 4.91 Å². The molecule has 0 saturated carbocycles. The van der Waals surface area contributed by atoms with Gasteiger partial charge in [0.05, 0.1) is 0 Å². The molecule has 0 spiro atoms. The quantitative estimate of drug-likeness (QED) is 0.673. The van der Waals surface area contributed by atoms with Gasteiger partial charge in [-0.15, -0.1) is 11.8 Å². The van der Waals surface area contributed by atoms with Gasteiger partial charge < -0.3 is 0 Å². The second-order valence-corrected chi connectivity index (χ2v) is 5.54. The zero-order valence-corrected chi connectivity index (χ0v) is 11.6. The standard InChI is InChI=1S/C17H16S/c1-12-10-17(18-2)14-7-5-6-13(11-14)16-9-4-3-8-15(12)16/h3-10H,11H2,1-2H3/b12-10+,15-12?,16-13?,17-10?,17-14+. The smallest absolute Gasteiger partial charge is 0.0107 e. The van der Waals surface area contributed by atoms with E-state index in [2.05, 4.69) is 61.7 Å². The van der Waals surface area contributed by atoms with Gasteiger partial charge in [0.1, 0.15) is 0 Å². The molecule has 0 fully saturated rings. The van der Waals surface area contributed by atoms with Crippen molar-refractivity contribution in [3.8, 4) is 0 Å². The maximum Gasteiger partial charge on any atom is 0.0107 e. The molecule has 0 heterocycles. The molecule has 1 heteroatoms. The molecular formula is C17H16S. The molecule has 0 N–H and O–H groups in total. The molecule has 0 aromatic heterocycles. The highest BCUT2D eigenvalue weighted by Gasteiger charge is 2.16. The molecule has 0 unspecified atom stereocenters. The molecule has 0 radical (unpaired) electrons. The summed E-state index contributed by atoms with van der Waals surface area (Å²) in [4.78, 5) is 1.39. The Balaban J connectivity index is 2.29. The Hall–Kier alpha value is -1.47. The van der Waals surface area contributed by atoms with Crippen molar-refractivity contribution in [2.45, 2.75) is 13.3 Å². The number of fused-ring (bicyclic) bond motifs is 4. The lowest BCUT2D eigenvalue weighted by Gasteiger charge is -2.21. The van der Waals surface area contributed by atoms with Crippen molar-refractivity contribution < 1.29 is 0 Å². The fourth-order valence-electron chi connectivity index (χ4n) is 2.62. The van der Waals surface area contributed by atoms with Crippen LogP contribution in [0.2, 0.25) is 0 Å². The highest BCUT2D eigenvalue weighted by molar-refractivity contribution is 8.02. The summed E-state index contributed by atoms with van der Waals surface area (Å²) >= 11 is 1.84. The molecule has 90 valence electrons. The van der Waals surface area contributed by atoms with Crippen LogP contribution in [-0.4, -0.2) is 6.26 Å². The summed E-state index contributed by atoms with van der Waals surface area (Å²) in [5.74, 6) is 0. The number of rotatable bonds is 1. The Morgan fingerprint density at radius 3 is 2.67 bits per heavy atom. The highest BCUT2D eigenvalue weighted by Crippen LogP contribution is 2.38. The molecule has 2 aliphatic rings. The summed E-state index contributed by atoms with van der Waals surface area (Å²) in [6, 6.07) is 8.72. The van der Waals surface area contributed by atoms with Crippen molar-refractivity contribution >= 4 is 22.9 Å².